The van der Waals surface area contributed by atoms with E-state index < -0.39 is 6.10 Å². The summed E-state index contributed by atoms with van der Waals surface area (Å²) in [5, 5.41) is 0. The van der Waals surface area contributed by atoms with Gasteiger partial charge in [-0.3, -0.25) is 4.79 Å². The molecule has 4 nitrogen and oxygen atoms in total. The lowest BCUT2D eigenvalue weighted by Gasteiger charge is -2.25. The van der Waals surface area contributed by atoms with Gasteiger partial charge in [-0.05, 0) is 17.2 Å². The van der Waals surface area contributed by atoms with Crippen molar-refractivity contribution in [1.82, 2.24) is 4.90 Å². The van der Waals surface area contributed by atoms with Crippen LogP contribution in [0.25, 0.3) is 0 Å². The molecule has 0 fully saturated rings. The van der Waals surface area contributed by atoms with Crippen LogP contribution in [0.15, 0.2) is 54.6 Å². The molecule has 0 spiro atoms. The van der Waals surface area contributed by atoms with E-state index in [0.717, 1.165) is 16.9 Å². The second kappa shape index (κ2) is 7.29. The number of carbonyl (C=O) groups excluding carboxylic acids is 1. The Morgan fingerprint density at radius 3 is 2.65 bits per heavy atom. The van der Waals surface area contributed by atoms with Crippen LogP contribution in [0.2, 0.25) is 0 Å². The fourth-order valence-corrected chi connectivity index (χ4v) is 2.80. The molecule has 3 rings (SSSR count). The molecule has 0 saturated carbocycles. The highest BCUT2D eigenvalue weighted by Crippen LogP contribution is 2.29. The van der Waals surface area contributed by atoms with Crippen LogP contribution < -0.4 is 4.74 Å². The average Bonchev–Trinajstić information content (AvgIpc) is 3.03. The van der Waals surface area contributed by atoms with E-state index in [1.54, 1.807) is 7.11 Å². The van der Waals surface area contributed by atoms with Gasteiger partial charge in [-0.25, -0.2) is 0 Å². The molecule has 0 radical (unpaired) electrons. The van der Waals surface area contributed by atoms with Crippen molar-refractivity contribution in [3.8, 4) is 5.75 Å². The largest absolute Gasteiger partial charge is 0.480 e. The molecule has 0 aliphatic carbocycles. The van der Waals surface area contributed by atoms with E-state index >= 15 is 0 Å². The van der Waals surface area contributed by atoms with Gasteiger partial charge in [0, 0.05) is 26.6 Å². The van der Waals surface area contributed by atoms with Crippen LogP contribution >= 0.6 is 0 Å². The zero-order valence-electron chi connectivity index (χ0n) is 13.3. The Labute approximate surface area is 136 Å². The summed E-state index contributed by atoms with van der Waals surface area (Å²) in [7, 11) is 1.65. The Morgan fingerprint density at radius 2 is 1.91 bits per heavy atom. The molecule has 1 aliphatic heterocycles. The molecule has 0 saturated heterocycles. The summed E-state index contributed by atoms with van der Waals surface area (Å²) in [6.07, 6.45) is 0.195. The maximum absolute atomic E-state index is 12.9. The smallest absolute Gasteiger partial charge is 0.264 e. The molecule has 120 valence electrons. The van der Waals surface area contributed by atoms with Crippen molar-refractivity contribution in [3.05, 3.63) is 65.7 Å². The fraction of sp³-hybridized carbons (Fsp3) is 0.316. The fourth-order valence-electron chi connectivity index (χ4n) is 2.80. The van der Waals surface area contributed by atoms with Gasteiger partial charge in [0.1, 0.15) is 5.75 Å². The van der Waals surface area contributed by atoms with Gasteiger partial charge in [0.25, 0.3) is 5.91 Å². The third kappa shape index (κ3) is 3.71. The Hall–Kier alpha value is -2.33. The molecule has 0 bridgehead atoms. The molecule has 1 unspecified atom stereocenters. The highest BCUT2D eigenvalue weighted by Gasteiger charge is 2.32. The van der Waals surface area contributed by atoms with Crippen molar-refractivity contribution in [3.63, 3.8) is 0 Å². The van der Waals surface area contributed by atoms with E-state index in [4.69, 9.17) is 9.47 Å². The second-order valence-corrected chi connectivity index (χ2v) is 5.66. The maximum atomic E-state index is 12.9. The number of amides is 1. The lowest BCUT2D eigenvalue weighted by atomic mass is 10.1. The van der Waals surface area contributed by atoms with Crippen molar-refractivity contribution in [2.45, 2.75) is 19.1 Å². The molecule has 1 amide bonds. The predicted molar refractivity (Wildman–Crippen MR) is 88.3 cm³/mol. The van der Waals surface area contributed by atoms with Gasteiger partial charge in [0.05, 0.1) is 6.61 Å². The first-order chi connectivity index (χ1) is 11.3. The van der Waals surface area contributed by atoms with Gasteiger partial charge >= 0.3 is 0 Å². The van der Waals surface area contributed by atoms with Crippen molar-refractivity contribution in [1.29, 1.82) is 0 Å². The average molecular weight is 311 g/mol. The number of nitrogens with zero attached hydrogens (tertiary/aromatic N) is 1. The Balaban J connectivity index is 1.71. The van der Waals surface area contributed by atoms with Crippen LogP contribution in [-0.4, -0.2) is 37.2 Å². The first-order valence-electron chi connectivity index (χ1n) is 7.84. The normalized spacial score (nSPS) is 15.8. The van der Waals surface area contributed by atoms with Crippen LogP contribution in [0, 0.1) is 0 Å². The summed E-state index contributed by atoms with van der Waals surface area (Å²) >= 11 is 0. The zero-order chi connectivity index (χ0) is 16.1. The molecule has 1 aliphatic rings. The van der Waals surface area contributed by atoms with E-state index in [2.05, 4.69) is 0 Å². The summed E-state index contributed by atoms with van der Waals surface area (Å²) in [5.41, 5.74) is 2.20. The predicted octanol–water partition coefficient (Wildman–Crippen LogP) is 2.67. The molecule has 0 aromatic heterocycles. The topological polar surface area (TPSA) is 38.8 Å². The first-order valence-corrected chi connectivity index (χ1v) is 7.84. The minimum absolute atomic E-state index is 0.0158. The molecule has 1 atom stereocenters. The number of rotatable bonds is 6. The number of carbonyl (C=O) groups is 1. The van der Waals surface area contributed by atoms with Gasteiger partial charge in [0.2, 0.25) is 0 Å². The van der Waals surface area contributed by atoms with Crippen LogP contribution in [-0.2, 0) is 22.5 Å². The Bertz CT molecular complexity index is 632. The van der Waals surface area contributed by atoms with Crippen LogP contribution in [0.4, 0.5) is 0 Å². The SMILES string of the molecule is COCCN(Cc1ccccc1)C(=O)C1Cc2ccccc2O1. The molecular weight excluding hydrogens is 290 g/mol. The van der Waals surface area contributed by atoms with Gasteiger partial charge in [0.15, 0.2) is 6.10 Å². The summed E-state index contributed by atoms with van der Waals surface area (Å²) in [5.74, 6) is 0.833. The van der Waals surface area contributed by atoms with Crippen LogP contribution in [0.1, 0.15) is 11.1 Å². The summed E-state index contributed by atoms with van der Waals surface area (Å²) < 4.78 is 11.0. The number of hydrogen-bond donors (Lipinski definition) is 0. The number of para-hydroxylation sites is 1. The third-order valence-corrected chi connectivity index (χ3v) is 4.02. The summed E-state index contributed by atoms with van der Waals surface area (Å²) in [4.78, 5) is 14.7. The van der Waals surface area contributed by atoms with Crippen molar-refractivity contribution < 1.29 is 14.3 Å². The zero-order valence-corrected chi connectivity index (χ0v) is 13.3. The molecule has 1 heterocycles. The maximum Gasteiger partial charge on any atom is 0.264 e. The molecule has 2 aromatic carbocycles. The lowest BCUT2D eigenvalue weighted by molar-refractivity contribution is -0.139. The Morgan fingerprint density at radius 1 is 1.17 bits per heavy atom. The van der Waals surface area contributed by atoms with E-state index in [0.29, 0.717) is 26.1 Å². The highest BCUT2D eigenvalue weighted by molar-refractivity contribution is 5.82. The molecule has 2 aromatic rings. The van der Waals surface area contributed by atoms with Crippen LogP contribution in [0.3, 0.4) is 0 Å². The van der Waals surface area contributed by atoms with Gasteiger partial charge < -0.3 is 14.4 Å². The van der Waals surface area contributed by atoms with Crippen molar-refractivity contribution in [2.75, 3.05) is 20.3 Å². The monoisotopic (exact) mass is 311 g/mol. The third-order valence-electron chi connectivity index (χ3n) is 4.02. The molecule has 23 heavy (non-hydrogen) atoms. The summed E-state index contributed by atoms with van der Waals surface area (Å²) in [6, 6.07) is 17.8. The Kier molecular flexibility index (Phi) is 4.93. The van der Waals surface area contributed by atoms with E-state index in [1.807, 2.05) is 59.5 Å². The van der Waals surface area contributed by atoms with Crippen molar-refractivity contribution >= 4 is 5.91 Å². The van der Waals surface area contributed by atoms with E-state index in [-0.39, 0.29) is 5.91 Å². The van der Waals surface area contributed by atoms with Gasteiger partial charge in [-0.2, -0.15) is 0 Å². The van der Waals surface area contributed by atoms with E-state index in [1.165, 1.54) is 0 Å². The first kappa shape index (κ1) is 15.6. The van der Waals surface area contributed by atoms with Crippen molar-refractivity contribution in [2.24, 2.45) is 0 Å². The quantitative estimate of drug-likeness (QED) is 0.823. The minimum atomic E-state index is -0.437. The number of ether oxygens (including phenoxy) is 2. The second-order valence-electron chi connectivity index (χ2n) is 5.66. The number of fused-ring (bicyclic) bond motifs is 1. The minimum Gasteiger partial charge on any atom is -0.480 e. The number of hydrogen-bond acceptors (Lipinski definition) is 3. The van der Waals surface area contributed by atoms with Gasteiger partial charge in [-0.15, -0.1) is 0 Å². The number of methoxy groups -OCH3 is 1. The summed E-state index contributed by atoms with van der Waals surface area (Å²) in [6.45, 7) is 1.64. The lowest BCUT2D eigenvalue weighted by Crippen LogP contribution is -2.42. The van der Waals surface area contributed by atoms with E-state index in [9.17, 15) is 4.79 Å². The highest BCUT2D eigenvalue weighted by atomic mass is 16.5. The standard InChI is InChI=1S/C19H21NO3/c1-22-12-11-20(14-15-7-3-2-4-8-15)19(21)18-13-16-9-5-6-10-17(16)23-18/h2-10,18H,11-14H2,1H3. The number of benzene rings is 2. The molecule has 4 heteroatoms. The molecule has 0 N–H and O–H groups in total. The molecular formula is C19H21NO3. The van der Waals surface area contributed by atoms with Crippen LogP contribution in [0.5, 0.6) is 5.75 Å². The van der Waals surface area contributed by atoms with Gasteiger partial charge in [-0.1, -0.05) is 48.5 Å².